The number of halogens is 1. The molecule has 1 aliphatic heterocycles. The maximum absolute atomic E-state index is 13.9. The molecule has 1 aliphatic carbocycles. The Morgan fingerprint density at radius 2 is 1.92 bits per heavy atom. The standard InChI is InChI=1S/C20H28FN3O/c21-18-8-4-5-9-19(18)23-12-14-24(15-13-23)20(25)16-22-11-10-17-6-2-1-3-7-17/h4-6,8-9,22H,1-3,7,10-16H2. The lowest BCUT2D eigenvalue weighted by Gasteiger charge is -2.36. The lowest BCUT2D eigenvalue weighted by atomic mass is 9.97. The Labute approximate surface area is 149 Å². The van der Waals surface area contributed by atoms with E-state index in [1.165, 1.54) is 37.3 Å². The Balaban J connectivity index is 1.37. The first-order chi connectivity index (χ1) is 12.2. The van der Waals surface area contributed by atoms with Gasteiger partial charge in [-0.15, -0.1) is 0 Å². The number of hydrogen-bond acceptors (Lipinski definition) is 3. The number of carbonyl (C=O) groups is 1. The molecule has 3 rings (SSSR count). The maximum Gasteiger partial charge on any atom is 0.236 e. The van der Waals surface area contributed by atoms with Gasteiger partial charge in [0.05, 0.1) is 12.2 Å². The number of carbonyl (C=O) groups excluding carboxylic acids is 1. The highest BCUT2D eigenvalue weighted by Gasteiger charge is 2.22. The van der Waals surface area contributed by atoms with Crippen LogP contribution in [0.4, 0.5) is 10.1 Å². The van der Waals surface area contributed by atoms with Gasteiger partial charge in [0.25, 0.3) is 0 Å². The van der Waals surface area contributed by atoms with E-state index in [1.54, 1.807) is 12.1 Å². The topological polar surface area (TPSA) is 35.6 Å². The maximum atomic E-state index is 13.9. The first-order valence-corrected chi connectivity index (χ1v) is 9.40. The van der Waals surface area contributed by atoms with Crippen molar-refractivity contribution < 1.29 is 9.18 Å². The zero-order valence-corrected chi connectivity index (χ0v) is 14.8. The van der Waals surface area contributed by atoms with Crippen molar-refractivity contribution in [2.75, 3.05) is 44.2 Å². The average molecular weight is 345 g/mol. The number of hydrogen-bond donors (Lipinski definition) is 1. The number of amides is 1. The van der Waals surface area contributed by atoms with Gasteiger partial charge >= 0.3 is 0 Å². The van der Waals surface area contributed by atoms with E-state index in [0.29, 0.717) is 38.4 Å². The fourth-order valence-corrected chi connectivity index (χ4v) is 3.59. The third kappa shape index (κ3) is 5.05. The third-order valence-corrected chi connectivity index (χ3v) is 5.11. The highest BCUT2D eigenvalue weighted by molar-refractivity contribution is 5.78. The predicted molar refractivity (Wildman–Crippen MR) is 99.2 cm³/mol. The average Bonchev–Trinajstić information content (AvgIpc) is 2.66. The summed E-state index contributed by atoms with van der Waals surface area (Å²) in [5.74, 6) is -0.0493. The second-order valence-corrected chi connectivity index (χ2v) is 6.85. The SMILES string of the molecule is O=C(CNCCC1=CCCCC1)N1CCN(c2ccccc2F)CC1. The van der Waals surface area contributed by atoms with E-state index in [-0.39, 0.29) is 11.7 Å². The van der Waals surface area contributed by atoms with Crippen LogP contribution in [0.2, 0.25) is 0 Å². The van der Waals surface area contributed by atoms with E-state index < -0.39 is 0 Å². The number of anilines is 1. The molecule has 0 aromatic heterocycles. The van der Waals surface area contributed by atoms with Crippen LogP contribution in [0.25, 0.3) is 0 Å². The molecule has 1 aromatic carbocycles. The summed E-state index contributed by atoms with van der Waals surface area (Å²) in [4.78, 5) is 16.2. The number of piperazine rings is 1. The minimum Gasteiger partial charge on any atom is -0.366 e. The summed E-state index contributed by atoms with van der Waals surface area (Å²) in [7, 11) is 0. The third-order valence-electron chi connectivity index (χ3n) is 5.11. The van der Waals surface area contributed by atoms with E-state index in [1.807, 2.05) is 15.9 Å². The molecule has 4 nitrogen and oxygen atoms in total. The Morgan fingerprint density at radius 3 is 2.64 bits per heavy atom. The van der Waals surface area contributed by atoms with Gasteiger partial charge < -0.3 is 15.1 Å². The zero-order chi connectivity index (χ0) is 17.5. The molecule has 1 saturated heterocycles. The van der Waals surface area contributed by atoms with E-state index in [0.717, 1.165) is 13.0 Å². The summed E-state index contributed by atoms with van der Waals surface area (Å²) in [5.41, 5.74) is 2.16. The summed E-state index contributed by atoms with van der Waals surface area (Å²) >= 11 is 0. The molecule has 0 atom stereocenters. The van der Waals surface area contributed by atoms with Gasteiger partial charge in [0, 0.05) is 26.2 Å². The Hall–Kier alpha value is -1.88. The Kier molecular flexibility index (Phi) is 6.45. The number of nitrogens with one attached hydrogen (secondary N) is 1. The van der Waals surface area contributed by atoms with Crippen molar-refractivity contribution in [3.05, 3.63) is 41.7 Å². The number of benzene rings is 1. The van der Waals surface area contributed by atoms with Gasteiger partial charge in [-0.1, -0.05) is 23.8 Å². The minimum atomic E-state index is -0.194. The molecule has 0 bridgehead atoms. The van der Waals surface area contributed by atoms with Gasteiger partial charge in [-0.05, 0) is 50.8 Å². The first-order valence-electron chi connectivity index (χ1n) is 9.40. The van der Waals surface area contributed by atoms with Crippen molar-refractivity contribution in [3.63, 3.8) is 0 Å². The minimum absolute atomic E-state index is 0.144. The number of nitrogens with zero attached hydrogens (tertiary/aromatic N) is 2. The van der Waals surface area contributed by atoms with Crippen LogP contribution in [0, 0.1) is 5.82 Å². The zero-order valence-electron chi connectivity index (χ0n) is 14.8. The molecule has 5 heteroatoms. The summed E-state index contributed by atoms with van der Waals surface area (Å²) in [5, 5.41) is 3.28. The first kappa shape index (κ1) is 17.9. The van der Waals surface area contributed by atoms with Gasteiger partial charge in [0.2, 0.25) is 5.91 Å². The summed E-state index contributed by atoms with van der Waals surface area (Å²) < 4.78 is 13.9. The molecule has 1 N–H and O–H groups in total. The molecule has 0 spiro atoms. The largest absolute Gasteiger partial charge is 0.366 e. The predicted octanol–water partition coefficient (Wildman–Crippen LogP) is 2.95. The van der Waals surface area contributed by atoms with Crippen LogP contribution in [0.3, 0.4) is 0 Å². The van der Waals surface area contributed by atoms with E-state index in [2.05, 4.69) is 11.4 Å². The van der Waals surface area contributed by atoms with Crippen LogP contribution in [-0.2, 0) is 4.79 Å². The van der Waals surface area contributed by atoms with Crippen molar-refractivity contribution in [2.24, 2.45) is 0 Å². The van der Waals surface area contributed by atoms with Crippen molar-refractivity contribution in [2.45, 2.75) is 32.1 Å². The monoisotopic (exact) mass is 345 g/mol. The van der Waals surface area contributed by atoms with Crippen molar-refractivity contribution >= 4 is 11.6 Å². The lowest BCUT2D eigenvalue weighted by Crippen LogP contribution is -2.51. The molecule has 1 heterocycles. The van der Waals surface area contributed by atoms with Gasteiger partial charge in [-0.3, -0.25) is 4.79 Å². The van der Waals surface area contributed by atoms with Crippen LogP contribution < -0.4 is 10.2 Å². The fraction of sp³-hybridized carbons (Fsp3) is 0.550. The van der Waals surface area contributed by atoms with Gasteiger partial charge in [-0.25, -0.2) is 4.39 Å². The molecule has 2 aliphatic rings. The summed E-state index contributed by atoms with van der Waals surface area (Å²) in [6.07, 6.45) is 8.45. The number of rotatable bonds is 6. The molecule has 136 valence electrons. The number of para-hydroxylation sites is 1. The molecule has 0 saturated carbocycles. The normalized spacial score (nSPS) is 18.2. The molecular formula is C20H28FN3O. The second-order valence-electron chi connectivity index (χ2n) is 6.85. The smallest absolute Gasteiger partial charge is 0.236 e. The highest BCUT2D eigenvalue weighted by Crippen LogP contribution is 2.20. The van der Waals surface area contributed by atoms with Crippen molar-refractivity contribution in [3.8, 4) is 0 Å². The van der Waals surface area contributed by atoms with Crippen molar-refractivity contribution in [1.29, 1.82) is 0 Å². The summed E-state index contributed by atoms with van der Waals surface area (Å²) in [6, 6.07) is 6.84. The van der Waals surface area contributed by atoms with E-state index in [9.17, 15) is 9.18 Å². The number of allylic oxidation sites excluding steroid dienone is 1. The molecule has 25 heavy (non-hydrogen) atoms. The second kappa shape index (κ2) is 8.99. The van der Waals surface area contributed by atoms with E-state index >= 15 is 0 Å². The van der Waals surface area contributed by atoms with Crippen LogP contribution in [0.5, 0.6) is 0 Å². The quantitative estimate of drug-likeness (QED) is 0.636. The van der Waals surface area contributed by atoms with Crippen molar-refractivity contribution in [1.82, 2.24) is 10.2 Å². The molecule has 0 radical (unpaired) electrons. The van der Waals surface area contributed by atoms with Gasteiger partial charge in [-0.2, -0.15) is 0 Å². The van der Waals surface area contributed by atoms with Crippen LogP contribution in [0.15, 0.2) is 35.9 Å². The molecule has 0 unspecified atom stereocenters. The Bertz CT molecular complexity index is 609. The van der Waals surface area contributed by atoms with Crippen LogP contribution in [0.1, 0.15) is 32.1 Å². The Morgan fingerprint density at radius 1 is 1.12 bits per heavy atom. The fourth-order valence-electron chi connectivity index (χ4n) is 3.59. The van der Waals surface area contributed by atoms with Gasteiger partial charge in [0.15, 0.2) is 0 Å². The molecule has 1 fully saturated rings. The van der Waals surface area contributed by atoms with Gasteiger partial charge in [0.1, 0.15) is 5.82 Å². The van der Waals surface area contributed by atoms with Crippen LogP contribution in [-0.4, -0.2) is 50.1 Å². The lowest BCUT2D eigenvalue weighted by molar-refractivity contribution is -0.130. The van der Waals surface area contributed by atoms with Crippen LogP contribution >= 0.6 is 0 Å². The molecular weight excluding hydrogens is 317 g/mol. The van der Waals surface area contributed by atoms with E-state index in [4.69, 9.17) is 0 Å². The summed E-state index contributed by atoms with van der Waals surface area (Å²) in [6.45, 7) is 3.93. The molecule has 1 aromatic rings. The highest BCUT2D eigenvalue weighted by atomic mass is 19.1. The molecule has 1 amide bonds.